The van der Waals surface area contributed by atoms with Gasteiger partial charge in [-0.15, -0.1) is 0 Å². The Hall–Kier alpha value is -1.72. The Balaban J connectivity index is 1.75. The number of hydrogen-bond acceptors (Lipinski definition) is 6. The van der Waals surface area contributed by atoms with Crippen molar-refractivity contribution in [1.82, 2.24) is 10.9 Å². The summed E-state index contributed by atoms with van der Waals surface area (Å²) in [5, 5.41) is 0. The molecule has 0 aromatic heterocycles. The van der Waals surface area contributed by atoms with Crippen molar-refractivity contribution >= 4 is 24.3 Å². The van der Waals surface area contributed by atoms with E-state index < -0.39 is 0 Å². The van der Waals surface area contributed by atoms with Crippen molar-refractivity contribution in [2.45, 2.75) is 0 Å². The van der Waals surface area contributed by atoms with Gasteiger partial charge in [0, 0.05) is 0 Å². The second-order valence-corrected chi connectivity index (χ2v) is 2.31. The molecule has 6 nitrogen and oxygen atoms in total. The molecule has 0 aromatic carbocycles. The number of rotatable bonds is 0. The summed E-state index contributed by atoms with van der Waals surface area (Å²) in [4.78, 5) is 15.7. The zero-order valence-electron chi connectivity index (χ0n) is 6.36. The van der Waals surface area contributed by atoms with Crippen LogP contribution in [0.3, 0.4) is 0 Å². The van der Waals surface area contributed by atoms with Crippen LogP contribution in [-0.4, -0.2) is 37.4 Å². The van der Waals surface area contributed by atoms with Crippen LogP contribution in [-0.2, 0) is 0 Å². The normalized spacial score (nSPS) is 19.3. The second-order valence-electron chi connectivity index (χ2n) is 2.31. The quantitative estimate of drug-likeness (QED) is 0.449. The molecule has 0 spiro atoms. The fourth-order valence-corrected chi connectivity index (χ4v) is 0.845. The van der Waals surface area contributed by atoms with Gasteiger partial charge in [0.1, 0.15) is 37.4 Å². The Kier molecular flexibility index (Phi) is 1.81. The van der Waals surface area contributed by atoms with Crippen molar-refractivity contribution in [1.29, 1.82) is 0 Å². The molecular weight excluding hydrogens is 156 g/mol. The van der Waals surface area contributed by atoms with Gasteiger partial charge < -0.3 is 0 Å². The lowest BCUT2D eigenvalue weighted by Crippen LogP contribution is -2.42. The molecule has 0 radical (unpaired) electrons. The molecule has 2 aliphatic heterocycles. The van der Waals surface area contributed by atoms with E-state index in [1.165, 1.54) is 12.7 Å². The molecule has 0 bridgehead atoms. The topological polar surface area (TPSA) is 73.5 Å². The molecule has 2 N–H and O–H groups in total. The number of nitrogens with zero attached hydrogens (tertiary/aromatic N) is 4. The average molecular weight is 164 g/mol. The number of nitrogens with one attached hydrogen (secondary N) is 2. The minimum absolute atomic E-state index is 0.598. The lowest BCUT2D eigenvalue weighted by atomic mass is 10.6. The highest BCUT2D eigenvalue weighted by atomic mass is 15.4. The Morgan fingerprint density at radius 3 is 1.75 bits per heavy atom. The Morgan fingerprint density at radius 2 is 1.42 bits per heavy atom. The van der Waals surface area contributed by atoms with Gasteiger partial charge in [-0.25, -0.2) is 9.98 Å². The zero-order chi connectivity index (χ0) is 8.23. The predicted molar refractivity (Wildman–Crippen MR) is 47.9 cm³/mol. The van der Waals surface area contributed by atoms with Crippen molar-refractivity contribution < 1.29 is 0 Å². The van der Waals surface area contributed by atoms with E-state index in [2.05, 4.69) is 30.8 Å². The van der Waals surface area contributed by atoms with Crippen LogP contribution < -0.4 is 10.9 Å². The van der Waals surface area contributed by atoms with Gasteiger partial charge in [0.05, 0.1) is 0 Å². The molecule has 2 rings (SSSR count). The van der Waals surface area contributed by atoms with Crippen molar-refractivity contribution in [3.63, 3.8) is 0 Å². The van der Waals surface area contributed by atoms with Crippen LogP contribution in [0, 0.1) is 0 Å². The fraction of sp³-hybridized carbons (Fsp3) is 0.333. The summed E-state index contributed by atoms with van der Waals surface area (Å²) < 4.78 is 0. The van der Waals surface area contributed by atoms with Crippen molar-refractivity contribution in [3.05, 3.63) is 0 Å². The molecular formula is C6H8N6. The first-order valence-electron chi connectivity index (χ1n) is 3.57. The molecule has 0 saturated heterocycles. The van der Waals surface area contributed by atoms with E-state index in [0.29, 0.717) is 13.1 Å². The SMILES string of the molecule is C1=NCC(NNC2=NC=NC2)=N1. The zero-order valence-corrected chi connectivity index (χ0v) is 6.36. The Bertz CT molecular complexity index is 256. The maximum absolute atomic E-state index is 3.95. The molecule has 0 amide bonds. The third kappa shape index (κ3) is 1.47. The van der Waals surface area contributed by atoms with Gasteiger partial charge >= 0.3 is 0 Å². The molecule has 0 aliphatic carbocycles. The summed E-state index contributed by atoms with van der Waals surface area (Å²) in [7, 11) is 0. The lowest BCUT2D eigenvalue weighted by molar-refractivity contribution is 0.847. The first-order chi connectivity index (χ1) is 5.95. The van der Waals surface area contributed by atoms with E-state index in [1.54, 1.807) is 0 Å². The summed E-state index contributed by atoms with van der Waals surface area (Å²) in [6.07, 6.45) is 3.05. The van der Waals surface area contributed by atoms with Crippen molar-refractivity contribution in [2.24, 2.45) is 20.0 Å². The number of hydrazine groups is 1. The average Bonchev–Trinajstić information content (AvgIpc) is 2.74. The molecule has 12 heavy (non-hydrogen) atoms. The number of hydrogen-bond donors (Lipinski definition) is 2. The minimum atomic E-state index is 0.598. The molecule has 0 atom stereocenters. The first kappa shape index (κ1) is 6.96. The summed E-state index contributed by atoms with van der Waals surface area (Å²) in [5.74, 6) is 1.59. The van der Waals surface area contributed by atoms with Gasteiger partial charge in [-0.2, -0.15) is 0 Å². The van der Waals surface area contributed by atoms with Gasteiger partial charge in [0.15, 0.2) is 0 Å². The molecule has 6 heteroatoms. The van der Waals surface area contributed by atoms with Crippen LogP contribution in [0.5, 0.6) is 0 Å². The van der Waals surface area contributed by atoms with Crippen molar-refractivity contribution in [3.8, 4) is 0 Å². The molecule has 0 saturated carbocycles. The highest BCUT2D eigenvalue weighted by molar-refractivity contribution is 5.98. The highest BCUT2D eigenvalue weighted by Crippen LogP contribution is 1.85. The lowest BCUT2D eigenvalue weighted by Gasteiger charge is -2.06. The molecule has 2 heterocycles. The van der Waals surface area contributed by atoms with E-state index in [-0.39, 0.29) is 0 Å². The summed E-state index contributed by atoms with van der Waals surface area (Å²) in [6, 6.07) is 0. The van der Waals surface area contributed by atoms with Gasteiger partial charge in [0.25, 0.3) is 0 Å². The van der Waals surface area contributed by atoms with Crippen LogP contribution in [0.2, 0.25) is 0 Å². The molecule has 0 fully saturated rings. The summed E-state index contributed by atoms with van der Waals surface area (Å²) >= 11 is 0. The van der Waals surface area contributed by atoms with E-state index in [0.717, 1.165) is 11.7 Å². The third-order valence-corrected chi connectivity index (χ3v) is 1.42. The van der Waals surface area contributed by atoms with Gasteiger partial charge in [-0.3, -0.25) is 20.8 Å². The van der Waals surface area contributed by atoms with Crippen LogP contribution >= 0.6 is 0 Å². The second kappa shape index (κ2) is 3.12. The van der Waals surface area contributed by atoms with Gasteiger partial charge in [-0.05, 0) is 0 Å². The summed E-state index contributed by atoms with van der Waals surface area (Å²) in [5.41, 5.74) is 5.78. The monoisotopic (exact) mass is 164 g/mol. The molecule has 0 unspecified atom stereocenters. The van der Waals surface area contributed by atoms with Crippen LogP contribution in [0.25, 0.3) is 0 Å². The van der Waals surface area contributed by atoms with Gasteiger partial charge in [0.2, 0.25) is 0 Å². The predicted octanol–water partition coefficient (Wildman–Crippen LogP) is -1.04. The van der Waals surface area contributed by atoms with Crippen LogP contribution in [0.15, 0.2) is 20.0 Å². The maximum Gasteiger partial charge on any atom is 0.144 e. The summed E-state index contributed by atoms with van der Waals surface area (Å²) in [6.45, 7) is 1.20. The minimum Gasteiger partial charge on any atom is -0.285 e. The largest absolute Gasteiger partial charge is 0.285 e. The standard InChI is InChI=1S/C6H8N6/c1-5(9-3-7-1)11-12-6-2-8-4-10-6/h3-4H,1-2H2,(H,7,9,11)(H,8,10,12). The number of aliphatic imine (C=N–C) groups is 4. The van der Waals surface area contributed by atoms with E-state index in [9.17, 15) is 0 Å². The maximum atomic E-state index is 3.95. The number of amidine groups is 2. The Labute approximate surface area is 69.2 Å². The Morgan fingerprint density at radius 1 is 0.917 bits per heavy atom. The van der Waals surface area contributed by atoms with E-state index in [4.69, 9.17) is 0 Å². The van der Waals surface area contributed by atoms with Crippen LogP contribution in [0.1, 0.15) is 0 Å². The first-order valence-corrected chi connectivity index (χ1v) is 3.57. The third-order valence-electron chi connectivity index (χ3n) is 1.42. The van der Waals surface area contributed by atoms with Crippen LogP contribution in [0.4, 0.5) is 0 Å². The molecule has 62 valence electrons. The van der Waals surface area contributed by atoms with E-state index >= 15 is 0 Å². The van der Waals surface area contributed by atoms with Crippen molar-refractivity contribution in [2.75, 3.05) is 13.1 Å². The highest BCUT2D eigenvalue weighted by Gasteiger charge is 2.04. The molecule has 0 aromatic rings. The van der Waals surface area contributed by atoms with E-state index in [1.807, 2.05) is 0 Å². The molecule has 2 aliphatic rings. The van der Waals surface area contributed by atoms with Gasteiger partial charge in [-0.1, -0.05) is 0 Å². The smallest absolute Gasteiger partial charge is 0.144 e. The fourth-order valence-electron chi connectivity index (χ4n) is 0.845.